The second kappa shape index (κ2) is 8.79. The summed E-state index contributed by atoms with van der Waals surface area (Å²) in [7, 11) is -0.610. The summed E-state index contributed by atoms with van der Waals surface area (Å²) in [5.41, 5.74) is 1.15. The van der Waals surface area contributed by atoms with Gasteiger partial charge in [-0.05, 0) is 43.5 Å². The average Bonchev–Trinajstić information content (AvgIpc) is 3.13. The maximum atomic E-state index is 13.2. The van der Waals surface area contributed by atoms with Gasteiger partial charge in [0.05, 0.1) is 7.11 Å². The first-order chi connectivity index (χ1) is 13.9. The summed E-state index contributed by atoms with van der Waals surface area (Å²) in [5, 5.41) is 6.48. The van der Waals surface area contributed by atoms with E-state index >= 15 is 0 Å². The van der Waals surface area contributed by atoms with Gasteiger partial charge in [-0.3, -0.25) is 4.79 Å². The van der Waals surface area contributed by atoms with Crippen molar-refractivity contribution in [1.82, 2.24) is 14.8 Å². The van der Waals surface area contributed by atoms with E-state index in [9.17, 15) is 13.2 Å². The lowest BCUT2D eigenvalue weighted by Gasteiger charge is -2.30. The van der Waals surface area contributed by atoms with Crippen LogP contribution in [0.15, 0.2) is 33.7 Å². The van der Waals surface area contributed by atoms with Crippen LogP contribution in [0.1, 0.15) is 29.9 Å². The van der Waals surface area contributed by atoms with E-state index in [0.717, 1.165) is 5.56 Å². The number of hydrogen-bond acceptors (Lipinski definition) is 6. The SMILES string of the molecule is CNC(=O)C1CCN(S(=O)(=O)c2c(C)noc2C=Cc2cccc(OC)c2)CC1. The van der Waals surface area contributed by atoms with Gasteiger partial charge in [0.2, 0.25) is 15.9 Å². The summed E-state index contributed by atoms with van der Waals surface area (Å²) in [5.74, 6) is 0.666. The van der Waals surface area contributed by atoms with Gasteiger partial charge in [0.1, 0.15) is 11.4 Å². The molecule has 1 fully saturated rings. The monoisotopic (exact) mass is 419 g/mol. The van der Waals surface area contributed by atoms with Crippen molar-refractivity contribution in [2.75, 3.05) is 27.2 Å². The van der Waals surface area contributed by atoms with Gasteiger partial charge in [0.15, 0.2) is 10.7 Å². The molecule has 0 bridgehead atoms. The van der Waals surface area contributed by atoms with Gasteiger partial charge in [-0.25, -0.2) is 8.42 Å². The highest BCUT2D eigenvalue weighted by atomic mass is 32.2. The Bertz CT molecular complexity index is 1000. The second-order valence-electron chi connectivity index (χ2n) is 6.86. The molecular formula is C20H25N3O5S. The molecule has 0 aliphatic carbocycles. The van der Waals surface area contributed by atoms with Gasteiger partial charge in [-0.2, -0.15) is 4.31 Å². The van der Waals surface area contributed by atoms with Crippen molar-refractivity contribution in [3.8, 4) is 5.75 Å². The Balaban J connectivity index is 1.83. The number of carbonyl (C=O) groups is 1. The molecule has 0 unspecified atom stereocenters. The zero-order valence-electron chi connectivity index (χ0n) is 16.7. The van der Waals surface area contributed by atoms with E-state index in [1.54, 1.807) is 33.2 Å². The van der Waals surface area contributed by atoms with E-state index in [1.807, 2.05) is 24.3 Å². The zero-order valence-corrected chi connectivity index (χ0v) is 17.5. The van der Waals surface area contributed by atoms with Crippen LogP contribution in [0.5, 0.6) is 5.75 Å². The molecule has 1 aliphatic rings. The Morgan fingerprint density at radius 1 is 1.31 bits per heavy atom. The number of nitrogens with one attached hydrogen (secondary N) is 1. The molecule has 1 saturated heterocycles. The highest BCUT2D eigenvalue weighted by Gasteiger charge is 2.35. The van der Waals surface area contributed by atoms with Gasteiger partial charge in [-0.15, -0.1) is 0 Å². The van der Waals surface area contributed by atoms with Crippen molar-refractivity contribution in [2.24, 2.45) is 5.92 Å². The number of sulfonamides is 1. The first-order valence-corrected chi connectivity index (χ1v) is 10.8. The molecule has 29 heavy (non-hydrogen) atoms. The molecule has 1 amide bonds. The lowest BCUT2D eigenvalue weighted by atomic mass is 9.97. The van der Waals surface area contributed by atoms with Crippen LogP contribution < -0.4 is 10.1 Å². The molecule has 8 nitrogen and oxygen atoms in total. The topological polar surface area (TPSA) is 102 Å². The fourth-order valence-corrected chi connectivity index (χ4v) is 5.13. The number of methoxy groups -OCH3 is 1. The van der Waals surface area contributed by atoms with Crippen molar-refractivity contribution >= 4 is 28.1 Å². The van der Waals surface area contributed by atoms with Crippen LogP contribution in [0.25, 0.3) is 12.2 Å². The number of hydrogen-bond donors (Lipinski definition) is 1. The number of ether oxygens (including phenoxy) is 1. The van der Waals surface area contributed by atoms with Crippen molar-refractivity contribution in [1.29, 1.82) is 0 Å². The summed E-state index contributed by atoms with van der Waals surface area (Å²) < 4.78 is 38.3. The number of nitrogens with zero attached hydrogens (tertiary/aromatic N) is 2. The third-order valence-electron chi connectivity index (χ3n) is 5.02. The largest absolute Gasteiger partial charge is 0.497 e. The zero-order chi connectivity index (χ0) is 21.0. The maximum absolute atomic E-state index is 13.2. The smallest absolute Gasteiger partial charge is 0.248 e. The molecule has 0 radical (unpaired) electrons. The number of carbonyl (C=O) groups excluding carboxylic acids is 1. The number of benzene rings is 1. The standard InChI is InChI=1S/C20H25N3O5S/c1-14-19(29(25,26)23-11-9-16(10-12-23)20(24)21-2)18(28-22-14)8-7-15-5-4-6-17(13-15)27-3/h4-8,13,16H,9-12H2,1-3H3,(H,21,24). The molecule has 2 aromatic rings. The van der Waals surface area contributed by atoms with E-state index in [2.05, 4.69) is 10.5 Å². The van der Waals surface area contributed by atoms with Crippen LogP contribution in [-0.4, -0.2) is 51.0 Å². The van der Waals surface area contributed by atoms with Gasteiger partial charge in [-0.1, -0.05) is 23.4 Å². The molecule has 3 rings (SSSR count). The predicted molar refractivity (Wildman–Crippen MR) is 109 cm³/mol. The van der Waals surface area contributed by atoms with Crippen molar-refractivity contribution in [2.45, 2.75) is 24.7 Å². The third-order valence-corrected chi connectivity index (χ3v) is 7.08. The fourth-order valence-electron chi connectivity index (χ4n) is 3.41. The molecule has 0 spiro atoms. The number of piperidine rings is 1. The molecule has 0 atom stereocenters. The summed E-state index contributed by atoms with van der Waals surface area (Å²) in [6, 6.07) is 7.38. The van der Waals surface area contributed by atoms with E-state index in [-0.39, 0.29) is 35.6 Å². The molecule has 0 saturated carbocycles. The normalized spacial score (nSPS) is 16.2. The van der Waals surface area contributed by atoms with Gasteiger partial charge in [0, 0.05) is 26.1 Å². The quantitative estimate of drug-likeness (QED) is 0.771. The minimum Gasteiger partial charge on any atom is -0.497 e. The van der Waals surface area contributed by atoms with Gasteiger partial charge >= 0.3 is 0 Å². The van der Waals surface area contributed by atoms with E-state index in [0.29, 0.717) is 24.3 Å². The van der Waals surface area contributed by atoms with Gasteiger partial charge < -0.3 is 14.6 Å². The number of aryl methyl sites for hydroxylation is 1. The molecule has 1 aromatic heterocycles. The molecule has 1 aliphatic heterocycles. The van der Waals surface area contributed by atoms with Crippen molar-refractivity contribution < 1.29 is 22.5 Å². The average molecular weight is 420 g/mol. The van der Waals surface area contributed by atoms with Gasteiger partial charge in [0.25, 0.3) is 0 Å². The third kappa shape index (κ3) is 4.51. The van der Waals surface area contributed by atoms with E-state index in [1.165, 1.54) is 4.31 Å². The Morgan fingerprint density at radius 3 is 2.69 bits per heavy atom. The molecule has 9 heteroatoms. The van der Waals surface area contributed by atoms with Crippen LogP contribution >= 0.6 is 0 Å². The lowest BCUT2D eigenvalue weighted by Crippen LogP contribution is -2.42. The Labute approximate surface area is 170 Å². The first-order valence-electron chi connectivity index (χ1n) is 9.37. The minimum atomic E-state index is -3.78. The van der Waals surface area contributed by atoms with Crippen molar-refractivity contribution in [3.63, 3.8) is 0 Å². The Hall–Kier alpha value is -2.65. The molecule has 2 heterocycles. The van der Waals surface area contributed by atoms with Crippen LogP contribution in [-0.2, 0) is 14.8 Å². The second-order valence-corrected chi connectivity index (χ2v) is 8.74. The van der Waals surface area contributed by atoms with E-state index in [4.69, 9.17) is 9.26 Å². The summed E-state index contributed by atoms with van der Waals surface area (Å²) in [6.07, 6.45) is 4.31. The van der Waals surface area contributed by atoms with E-state index < -0.39 is 10.0 Å². The lowest BCUT2D eigenvalue weighted by molar-refractivity contribution is -0.125. The predicted octanol–water partition coefficient (Wildman–Crippen LogP) is 2.31. The van der Waals surface area contributed by atoms with Crippen LogP contribution in [0.3, 0.4) is 0 Å². The Morgan fingerprint density at radius 2 is 2.03 bits per heavy atom. The van der Waals surface area contributed by atoms with Crippen molar-refractivity contribution in [3.05, 3.63) is 41.3 Å². The van der Waals surface area contributed by atoms with Crippen LogP contribution in [0, 0.1) is 12.8 Å². The molecular weight excluding hydrogens is 394 g/mol. The summed E-state index contributed by atoms with van der Waals surface area (Å²) in [6.45, 7) is 2.17. The minimum absolute atomic E-state index is 0.0508. The number of rotatable bonds is 6. The molecule has 1 N–H and O–H groups in total. The highest BCUT2D eigenvalue weighted by Crippen LogP contribution is 2.29. The maximum Gasteiger partial charge on any atom is 0.248 e. The number of aromatic nitrogens is 1. The Kier molecular flexibility index (Phi) is 6.39. The number of amides is 1. The molecule has 1 aromatic carbocycles. The highest BCUT2D eigenvalue weighted by molar-refractivity contribution is 7.89. The van der Waals surface area contributed by atoms with Crippen LogP contribution in [0.2, 0.25) is 0 Å². The first kappa shape index (κ1) is 21.1. The summed E-state index contributed by atoms with van der Waals surface area (Å²) >= 11 is 0. The summed E-state index contributed by atoms with van der Waals surface area (Å²) in [4.78, 5) is 11.9. The fraction of sp³-hybridized carbons (Fsp3) is 0.400. The molecule has 156 valence electrons. The van der Waals surface area contributed by atoms with Crippen LogP contribution in [0.4, 0.5) is 0 Å².